The summed E-state index contributed by atoms with van der Waals surface area (Å²) in [6.45, 7) is 8.51. The van der Waals surface area contributed by atoms with Crippen LogP contribution in [0, 0.1) is 12.8 Å². The third-order valence-corrected chi connectivity index (χ3v) is 3.44. The van der Waals surface area contributed by atoms with Crippen molar-refractivity contribution in [2.45, 2.75) is 90.9 Å². The molecule has 0 N–H and O–H groups in total. The monoisotopic (exact) mass is 251 g/mol. The summed E-state index contributed by atoms with van der Waals surface area (Å²) < 4.78 is 0. The SMILES string of the molecule is [CH2]CCCCCCC/C=C/CCCCCC(C)C. The van der Waals surface area contributed by atoms with Gasteiger partial charge < -0.3 is 0 Å². The molecule has 0 saturated carbocycles. The lowest BCUT2D eigenvalue weighted by molar-refractivity contribution is 0.528. The van der Waals surface area contributed by atoms with Gasteiger partial charge in [0.2, 0.25) is 0 Å². The van der Waals surface area contributed by atoms with Crippen LogP contribution in [0.1, 0.15) is 90.9 Å². The van der Waals surface area contributed by atoms with Gasteiger partial charge in [0.1, 0.15) is 0 Å². The predicted molar refractivity (Wildman–Crippen MR) is 84.7 cm³/mol. The van der Waals surface area contributed by atoms with E-state index in [1.165, 1.54) is 70.6 Å². The van der Waals surface area contributed by atoms with E-state index in [1.54, 1.807) is 0 Å². The van der Waals surface area contributed by atoms with Crippen molar-refractivity contribution in [3.8, 4) is 0 Å². The second-order valence-electron chi connectivity index (χ2n) is 5.91. The topological polar surface area (TPSA) is 0 Å². The summed E-state index contributed by atoms with van der Waals surface area (Å²) in [5, 5.41) is 0. The van der Waals surface area contributed by atoms with Crippen molar-refractivity contribution in [3.63, 3.8) is 0 Å². The molecular weight excluding hydrogens is 216 g/mol. The number of rotatable bonds is 13. The van der Waals surface area contributed by atoms with Crippen LogP contribution in [0.15, 0.2) is 12.2 Å². The normalized spacial score (nSPS) is 11.8. The lowest BCUT2D eigenvalue weighted by Gasteiger charge is -2.02. The first kappa shape index (κ1) is 17.7. The molecule has 18 heavy (non-hydrogen) atoms. The Labute approximate surface area is 116 Å². The lowest BCUT2D eigenvalue weighted by Crippen LogP contribution is -1.86. The average Bonchev–Trinajstić information content (AvgIpc) is 2.34. The number of unbranched alkanes of at least 4 members (excludes halogenated alkanes) is 9. The largest absolute Gasteiger partial charge is 0.0885 e. The van der Waals surface area contributed by atoms with Crippen molar-refractivity contribution >= 4 is 0 Å². The zero-order valence-electron chi connectivity index (χ0n) is 12.9. The molecule has 1 radical (unpaired) electrons. The molecule has 0 nitrogen and oxygen atoms in total. The van der Waals surface area contributed by atoms with Gasteiger partial charge in [-0.3, -0.25) is 0 Å². The van der Waals surface area contributed by atoms with Crippen molar-refractivity contribution in [2.75, 3.05) is 0 Å². The van der Waals surface area contributed by atoms with Crippen LogP contribution in [-0.4, -0.2) is 0 Å². The highest BCUT2D eigenvalue weighted by molar-refractivity contribution is 4.81. The molecule has 0 amide bonds. The fraction of sp³-hybridized carbons (Fsp3) is 0.833. The van der Waals surface area contributed by atoms with Gasteiger partial charge in [0.15, 0.2) is 0 Å². The van der Waals surface area contributed by atoms with Gasteiger partial charge in [0, 0.05) is 0 Å². The molecule has 0 unspecified atom stereocenters. The highest BCUT2D eigenvalue weighted by Crippen LogP contribution is 2.10. The van der Waals surface area contributed by atoms with E-state index in [1.807, 2.05) is 0 Å². The van der Waals surface area contributed by atoms with Crippen molar-refractivity contribution in [1.82, 2.24) is 0 Å². The highest BCUT2D eigenvalue weighted by Gasteiger charge is 1.93. The van der Waals surface area contributed by atoms with E-state index in [9.17, 15) is 0 Å². The molecule has 0 aromatic rings. The van der Waals surface area contributed by atoms with Crippen LogP contribution in [0.4, 0.5) is 0 Å². The van der Waals surface area contributed by atoms with Gasteiger partial charge in [0.25, 0.3) is 0 Å². The van der Waals surface area contributed by atoms with Gasteiger partial charge in [-0.2, -0.15) is 0 Å². The Hall–Kier alpha value is -0.260. The second kappa shape index (κ2) is 14.8. The molecule has 107 valence electrons. The van der Waals surface area contributed by atoms with Gasteiger partial charge in [0.05, 0.1) is 0 Å². The van der Waals surface area contributed by atoms with E-state index in [4.69, 9.17) is 0 Å². The van der Waals surface area contributed by atoms with Gasteiger partial charge in [-0.05, 0) is 31.6 Å². The zero-order chi connectivity index (χ0) is 13.5. The fourth-order valence-electron chi connectivity index (χ4n) is 2.20. The number of allylic oxidation sites excluding steroid dienone is 2. The molecule has 0 spiro atoms. The first-order chi connectivity index (χ1) is 8.77. The van der Waals surface area contributed by atoms with E-state index in [0.29, 0.717) is 0 Å². The maximum atomic E-state index is 3.87. The lowest BCUT2D eigenvalue weighted by atomic mass is 10.0. The Morgan fingerprint density at radius 3 is 1.78 bits per heavy atom. The highest BCUT2D eigenvalue weighted by atomic mass is 14.0. The zero-order valence-corrected chi connectivity index (χ0v) is 12.9. The van der Waals surface area contributed by atoms with E-state index in [2.05, 4.69) is 32.9 Å². The van der Waals surface area contributed by atoms with Crippen molar-refractivity contribution in [3.05, 3.63) is 19.1 Å². The van der Waals surface area contributed by atoms with Crippen LogP contribution in [-0.2, 0) is 0 Å². The van der Waals surface area contributed by atoms with Crippen LogP contribution < -0.4 is 0 Å². The van der Waals surface area contributed by atoms with E-state index in [0.717, 1.165) is 12.3 Å². The molecule has 0 aliphatic heterocycles. The number of hydrogen-bond acceptors (Lipinski definition) is 0. The third kappa shape index (κ3) is 15.7. The molecule has 0 aliphatic rings. The molecule has 0 heterocycles. The van der Waals surface area contributed by atoms with E-state index in [-0.39, 0.29) is 0 Å². The minimum Gasteiger partial charge on any atom is -0.0885 e. The molecular formula is C18H35. The minimum atomic E-state index is 0.879. The van der Waals surface area contributed by atoms with Crippen LogP contribution in [0.3, 0.4) is 0 Å². The maximum absolute atomic E-state index is 3.87. The first-order valence-electron chi connectivity index (χ1n) is 8.21. The fourth-order valence-corrected chi connectivity index (χ4v) is 2.20. The van der Waals surface area contributed by atoms with Crippen molar-refractivity contribution < 1.29 is 0 Å². The van der Waals surface area contributed by atoms with Crippen molar-refractivity contribution in [1.29, 1.82) is 0 Å². The van der Waals surface area contributed by atoms with Gasteiger partial charge in [-0.25, -0.2) is 0 Å². The standard InChI is InChI=1S/C18H35/c1-4-5-6-7-8-9-10-11-12-13-14-15-16-17-18(2)3/h11-12,18H,1,4-10,13-17H2,2-3H3/b12-11+. The summed E-state index contributed by atoms with van der Waals surface area (Å²) in [7, 11) is 0. The van der Waals surface area contributed by atoms with Crippen LogP contribution >= 0.6 is 0 Å². The van der Waals surface area contributed by atoms with Crippen LogP contribution in [0.25, 0.3) is 0 Å². The Kier molecular flexibility index (Phi) is 14.6. The summed E-state index contributed by atoms with van der Waals surface area (Å²) in [6.07, 6.45) is 20.9. The second-order valence-corrected chi connectivity index (χ2v) is 5.91. The maximum Gasteiger partial charge on any atom is -0.0351 e. The molecule has 0 aliphatic carbocycles. The Balaban J connectivity index is 3.05. The minimum absolute atomic E-state index is 0.879. The van der Waals surface area contributed by atoms with Gasteiger partial charge in [-0.15, -0.1) is 0 Å². The third-order valence-electron chi connectivity index (χ3n) is 3.44. The average molecular weight is 251 g/mol. The Morgan fingerprint density at radius 2 is 1.22 bits per heavy atom. The summed E-state index contributed by atoms with van der Waals surface area (Å²) in [5.41, 5.74) is 0. The molecule has 0 aromatic heterocycles. The van der Waals surface area contributed by atoms with Crippen molar-refractivity contribution in [2.24, 2.45) is 5.92 Å². The first-order valence-corrected chi connectivity index (χ1v) is 8.21. The summed E-state index contributed by atoms with van der Waals surface area (Å²) in [5.74, 6) is 0.879. The van der Waals surface area contributed by atoms with Gasteiger partial charge >= 0.3 is 0 Å². The van der Waals surface area contributed by atoms with E-state index >= 15 is 0 Å². The molecule has 0 atom stereocenters. The Bertz CT molecular complexity index is 167. The molecule has 0 bridgehead atoms. The predicted octanol–water partition coefficient (Wildman–Crippen LogP) is 6.71. The summed E-state index contributed by atoms with van der Waals surface area (Å²) in [4.78, 5) is 0. The van der Waals surface area contributed by atoms with Gasteiger partial charge in [-0.1, -0.05) is 84.3 Å². The smallest absolute Gasteiger partial charge is 0.0351 e. The Morgan fingerprint density at radius 1 is 0.722 bits per heavy atom. The number of hydrogen-bond donors (Lipinski definition) is 0. The summed E-state index contributed by atoms with van der Waals surface area (Å²) >= 11 is 0. The van der Waals surface area contributed by atoms with Crippen LogP contribution in [0.2, 0.25) is 0 Å². The molecule has 0 rings (SSSR count). The molecule has 0 aromatic carbocycles. The van der Waals surface area contributed by atoms with E-state index < -0.39 is 0 Å². The molecule has 0 saturated heterocycles. The quantitative estimate of drug-likeness (QED) is 0.252. The molecule has 0 heteroatoms. The molecule has 0 fully saturated rings. The van der Waals surface area contributed by atoms with Crippen LogP contribution in [0.5, 0.6) is 0 Å². The summed E-state index contributed by atoms with van der Waals surface area (Å²) in [6, 6.07) is 0.